The van der Waals surface area contributed by atoms with Gasteiger partial charge in [0, 0.05) is 24.4 Å². The van der Waals surface area contributed by atoms with E-state index in [1.54, 1.807) is 16.6 Å². The molecule has 0 atom stereocenters. The summed E-state index contributed by atoms with van der Waals surface area (Å²) >= 11 is 0. The number of benzene rings is 1. The molecule has 0 saturated carbocycles. The van der Waals surface area contributed by atoms with E-state index in [0.717, 1.165) is 22.5 Å². The first kappa shape index (κ1) is 21.4. The summed E-state index contributed by atoms with van der Waals surface area (Å²) in [6.07, 6.45) is 2.25. The predicted octanol–water partition coefficient (Wildman–Crippen LogP) is 1.37. The minimum Gasteiger partial charge on any atom is -0.352 e. The highest BCUT2D eigenvalue weighted by Crippen LogP contribution is 2.18. The number of nitrogens with zero attached hydrogens (tertiary/aromatic N) is 4. The van der Waals surface area contributed by atoms with Gasteiger partial charge < -0.3 is 5.32 Å². The molecule has 0 aliphatic rings. The third-order valence-electron chi connectivity index (χ3n) is 4.92. The maximum Gasteiger partial charge on any atom is 0.240 e. The highest BCUT2D eigenvalue weighted by Gasteiger charge is 2.15. The van der Waals surface area contributed by atoms with E-state index < -0.39 is 10.0 Å². The van der Waals surface area contributed by atoms with Gasteiger partial charge in [0.15, 0.2) is 5.65 Å². The summed E-state index contributed by atoms with van der Waals surface area (Å²) in [5.41, 5.74) is 4.28. The number of amides is 1. The lowest BCUT2D eigenvalue weighted by atomic mass is 10.1. The molecule has 1 amide bonds. The predicted molar refractivity (Wildman–Crippen MR) is 110 cm³/mol. The number of nitriles is 1. The average Bonchev–Trinajstić information content (AvgIpc) is 3.15. The third-order valence-corrected chi connectivity index (χ3v) is 6.35. The number of carbonyl (C=O) groups is 1. The van der Waals surface area contributed by atoms with Crippen LogP contribution < -0.4 is 10.0 Å². The van der Waals surface area contributed by atoms with Gasteiger partial charge in [0.1, 0.15) is 11.6 Å². The molecule has 0 saturated heterocycles. The van der Waals surface area contributed by atoms with Gasteiger partial charge in [-0.2, -0.15) is 10.4 Å². The van der Waals surface area contributed by atoms with Crippen molar-refractivity contribution in [2.45, 2.75) is 38.1 Å². The van der Waals surface area contributed by atoms with Crippen LogP contribution in [0.4, 0.5) is 0 Å². The van der Waals surface area contributed by atoms with Gasteiger partial charge in [-0.15, -0.1) is 0 Å². The number of carbonyl (C=O) groups excluding carboxylic acids is 1. The van der Waals surface area contributed by atoms with Crippen molar-refractivity contribution < 1.29 is 13.2 Å². The van der Waals surface area contributed by atoms with Crippen molar-refractivity contribution in [3.8, 4) is 6.07 Å². The van der Waals surface area contributed by atoms with Crippen LogP contribution in [0, 0.1) is 25.2 Å². The number of fused-ring (bicyclic) bond motifs is 1. The SMILES string of the molecule is CNS(=O)(=O)c1ccc(CNC(=O)CCc2c(C)nc3c(C#N)cnn3c2C)cc1. The molecule has 0 bridgehead atoms. The molecular weight excluding hydrogens is 404 g/mol. The van der Waals surface area contributed by atoms with Gasteiger partial charge in [-0.05, 0) is 50.6 Å². The Morgan fingerprint density at radius 3 is 2.57 bits per heavy atom. The highest BCUT2D eigenvalue weighted by molar-refractivity contribution is 7.89. The van der Waals surface area contributed by atoms with Gasteiger partial charge >= 0.3 is 0 Å². The van der Waals surface area contributed by atoms with Crippen molar-refractivity contribution in [2.75, 3.05) is 7.05 Å². The van der Waals surface area contributed by atoms with E-state index in [1.807, 2.05) is 13.8 Å². The van der Waals surface area contributed by atoms with Gasteiger partial charge in [-0.25, -0.2) is 22.6 Å². The van der Waals surface area contributed by atoms with Crippen LogP contribution in [0.15, 0.2) is 35.4 Å². The Morgan fingerprint density at radius 1 is 1.23 bits per heavy atom. The maximum absolute atomic E-state index is 12.3. The van der Waals surface area contributed by atoms with E-state index in [1.165, 1.54) is 25.4 Å². The molecule has 0 unspecified atom stereocenters. The molecule has 1 aromatic carbocycles. The molecule has 156 valence electrons. The first-order valence-corrected chi connectivity index (χ1v) is 10.8. The molecule has 2 N–H and O–H groups in total. The number of nitrogens with one attached hydrogen (secondary N) is 2. The van der Waals surface area contributed by atoms with Gasteiger partial charge in [-0.1, -0.05) is 12.1 Å². The fraction of sp³-hybridized carbons (Fsp3) is 0.300. The lowest BCUT2D eigenvalue weighted by molar-refractivity contribution is -0.121. The van der Waals surface area contributed by atoms with Crippen molar-refractivity contribution in [3.63, 3.8) is 0 Å². The molecule has 3 aromatic rings. The Labute approximate surface area is 174 Å². The van der Waals surface area contributed by atoms with Crippen LogP contribution in [0.1, 0.15) is 34.5 Å². The summed E-state index contributed by atoms with van der Waals surface area (Å²) in [7, 11) is -2.12. The van der Waals surface area contributed by atoms with E-state index in [9.17, 15) is 13.2 Å². The molecule has 9 nitrogen and oxygen atoms in total. The van der Waals surface area contributed by atoms with Crippen LogP contribution in [0.5, 0.6) is 0 Å². The summed E-state index contributed by atoms with van der Waals surface area (Å²) in [6, 6.07) is 8.41. The monoisotopic (exact) mass is 426 g/mol. The smallest absolute Gasteiger partial charge is 0.240 e. The summed E-state index contributed by atoms with van der Waals surface area (Å²) in [5, 5.41) is 16.2. The average molecular weight is 427 g/mol. The molecule has 0 fully saturated rings. The fourth-order valence-corrected chi connectivity index (χ4v) is 3.91. The maximum atomic E-state index is 12.3. The van der Waals surface area contributed by atoms with Gasteiger partial charge in [0.2, 0.25) is 15.9 Å². The van der Waals surface area contributed by atoms with Crippen molar-refractivity contribution in [2.24, 2.45) is 0 Å². The zero-order valence-electron chi connectivity index (χ0n) is 16.9. The molecule has 10 heteroatoms. The van der Waals surface area contributed by atoms with Gasteiger partial charge in [-0.3, -0.25) is 4.79 Å². The first-order chi connectivity index (χ1) is 14.3. The Kier molecular flexibility index (Phi) is 6.14. The van der Waals surface area contributed by atoms with Crippen molar-refractivity contribution >= 4 is 21.6 Å². The molecule has 3 rings (SSSR count). The number of sulfonamides is 1. The molecule has 0 spiro atoms. The quantitative estimate of drug-likeness (QED) is 0.587. The minimum atomic E-state index is -3.48. The number of hydrogen-bond donors (Lipinski definition) is 2. The van der Waals surface area contributed by atoms with E-state index in [4.69, 9.17) is 5.26 Å². The Hall–Kier alpha value is -3.29. The van der Waals surface area contributed by atoms with E-state index in [0.29, 0.717) is 24.2 Å². The second kappa shape index (κ2) is 8.61. The summed E-state index contributed by atoms with van der Waals surface area (Å²) in [5.74, 6) is -0.126. The number of aromatic nitrogens is 3. The second-order valence-electron chi connectivity index (χ2n) is 6.79. The van der Waals surface area contributed by atoms with Crippen molar-refractivity contribution in [1.29, 1.82) is 5.26 Å². The van der Waals surface area contributed by atoms with Crippen LogP contribution in [0.2, 0.25) is 0 Å². The number of hydrogen-bond acceptors (Lipinski definition) is 6. The van der Waals surface area contributed by atoms with Gasteiger partial charge in [0.05, 0.1) is 11.1 Å². The molecule has 0 radical (unpaired) electrons. The van der Waals surface area contributed by atoms with Crippen LogP contribution in [-0.4, -0.2) is 36.0 Å². The van der Waals surface area contributed by atoms with Crippen molar-refractivity contribution in [3.05, 3.63) is 58.5 Å². The van der Waals surface area contributed by atoms with Crippen LogP contribution in [-0.2, 0) is 27.8 Å². The molecular formula is C20H22N6O3S. The Bertz CT molecular complexity index is 1240. The standard InChI is InChI=1S/C20H22N6O3S/c1-13-18(14(2)26-20(25-13)16(10-21)12-24-26)8-9-19(27)23-11-15-4-6-17(7-5-15)30(28,29)22-3/h4-7,12,22H,8-9,11H2,1-3H3,(H,23,27). The molecule has 2 heterocycles. The van der Waals surface area contributed by atoms with Crippen LogP contribution in [0.3, 0.4) is 0 Å². The number of rotatable bonds is 7. The van der Waals surface area contributed by atoms with Crippen LogP contribution >= 0.6 is 0 Å². The second-order valence-corrected chi connectivity index (χ2v) is 8.68. The Balaban J connectivity index is 1.62. The Morgan fingerprint density at radius 2 is 1.93 bits per heavy atom. The van der Waals surface area contributed by atoms with Crippen LogP contribution in [0.25, 0.3) is 5.65 Å². The van der Waals surface area contributed by atoms with E-state index in [2.05, 4.69) is 26.2 Å². The van der Waals surface area contributed by atoms with E-state index in [-0.39, 0.29) is 17.2 Å². The summed E-state index contributed by atoms with van der Waals surface area (Å²) in [4.78, 5) is 16.9. The number of aryl methyl sites for hydroxylation is 2. The third kappa shape index (κ3) is 4.32. The van der Waals surface area contributed by atoms with E-state index >= 15 is 0 Å². The topological polar surface area (TPSA) is 129 Å². The molecule has 0 aliphatic carbocycles. The zero-order valence-corrected chi connectivity index (χ0v) is 17.7. The van der Waals surface area contributed by atoms with Gasteiger partial charge in [0.25, 0.3) is 0 Å². The molecule has 2 aromatic heterocycles. The molecule has 0 aliphatic heterocycles. The summed E-state index contributed by atoms with van der Waals surface area (Å²) in [6.45, 7) is 4.05. The fourth-order valence-electron chi connectivity index (χ4n) is 3.18. The van der Waals surface area contributed by atoms with Crippen molar-refractivity contribution in [1.82, 2.24) is 24.6 Å². The normalized spacial score (nSPS) is 11.4. The molecule has 30 heavy (non-hydrogen) atoms. The summed E-state index contributed by atoms with van der Waals surface area (Å²) < 4.78 is 27.4. The highest BCUT2D eigenvalue weighted by atomic mass is 32.2. The largest absolute Gasteiger partial charge is 0.352 e. The lowest BCUT2D eigenvalue weighted by Gasteiger charge is -2.11. The lowest BCUT2D eigenvalue weighted by Crippen LogP contribution is -2.23. The minimum absolute atomic E-state index is 0.126. The first-order valence-electron chi connectivity index (χ1n) is 9.30. The zero-order chi connectivity index (χ0) is 21.9.